The van der Waals surface area contributed by atoms with Crippen LogP contribution >= 0.6 is 11.6 Å². The predicted octanol–water partition coefficient (Wildman–Crippen LogP) is 10.0. The third kappa shape index (κ3) is 6.31. The molecule has 7 rings (SSSR count). The number of hydrogen-bond acceptors (Lipinski definition) is 5. The molecule has 5 fully saturated rings. The number of halogens is 1. The van der Waals surface area contributed by atoms with E-state index in [-0.39, 0.29) is 51.9 Å². The first-order valence-electron chi connectivity index (χ1n) is 20.7. The lowest BCUT2D eigenvalue weighted by atomic mass is 9.36. The molecule has 0 bridgehead atoms. The number of benzene rings is 1. The molecule has 0 saturated heterocycles. The first-order valence-corrected chi connectivity index (χ1v) is 21.0. The lowest BCUT2D eigenvalue weighted by Gasteiger charge is -2.68. The number of hydrogen-bond donors (Lipinski definition) is 2. The Bertz CT molecular complexity index is 1800. The van der Waals surface area contributed by atoms with Crippen molar-refractivity contribution < 1.29 is 29.0 Å². The Hall–Kier alpha value is -2.93. The van der Waals surface area contributed by atoms with Crippen LogP contribution in [0.3, 0.4) is 0 Å². The first-order chi connectivity index (χ1) is 25.2. The second-order valence-electron chi connectivity index (χ2n) is 20.3. The van der Waals surface area contributed by atoms with Crippen molar-refractivity contribution in [3.05, 3.63) is 58.1 Å². The van der Waals surface area contributed by atoms with E-state index in [2.05, 4.69) is 52.9 Å². The highest BCUT2D eigenvalue weighted by molar-refractivity contribution is 6.30. The molecule has 1 amide bonds. The summed E-state index contributed by atoms with van der Waals surface area (Å²) in [6, 6.07) is 7.77. The molecule has 8 atom stereocenters. The fourth-order valence-corrected chi connectivity index (χ4v) is 13.5. The van der Waals surface area contributed by atoms with Crippen molar-refractivity contribution in [1.29, 1.82) is 0 Å². The number of ether oxygens (including phenoxy) is 1. The van der Waals surface area contributed by atoms with Crippen molar-refractivity contribution in [2.24, 2.45) is 56.7 Å². The molecule has 6 aliphatic carbocycles. The van der Waals surface area contributed by atoms with Crippen molar-refractivity contribution in [3.63, 3.8) is 0 Å². The monoisotopic (exact) mass is 759 g/mol. The number of carboxylic acids is 1. The number of esters is 1. The van der Waals surface area contributed by atoms with Crippen LogP contribution in [0.15, 0.2) is 47.6 Å². The van der Waals surface area contributed by atoms with Gasteiger partial charge in [0.25, 0.3) is 0 Å². The molecule has 0 aromatic heterocycles. The Kier molecular flexibility index (Phi) is 9.71. The van der Waals surface area contributed by atoms with E-state index in [0.717, 1.165) is 75.3 Å². The van der Waals surface area contributed by atoms with Gasteiger partial charge in [-0.3, -0.25) is 19.2 Å². The number of Topliss-reactive ketones (excluding diaryl/α,β-unsaturated/α-hetero) is 1. The Morgan fingerprint density at radius 3 is 2.31 bits per heavy atom. The van der Waals surface area contributed by atoms with Gasteiger partial charge < -0.3 is 15.2 Å². The maximum atomic E-state index is 14.0. The van der Waals surface area contributed by atoms with Gasteiger partial charge in [0.15, 0.2) is 5.78 Å². The summed E-state index contributed by atoms with van der Waals surface area (Å²) in [4.78, 5) is 52.4. The summed E-state index contributed by atoms with van der Waals surface area (Å²) in [6.45, 7) is 17.1. The van der Waals surface area contributed by atoms with Crippen molar-refractivity contribution in [2.45, 2.75) is 144 Å². The van der Waals surface area contributed by atoms with Gasteiger partial charge in [0.05, 0.1) is 17.4 Å². The molecule has 1 aromatic rings. The standard InChI is InChI=1S/C46H62ClNO6/c1-27(2)38-32(49)25-45(21-17-36(50)48-46(22-23-46)28-10-9-11-29(47)24-28)20-14-31-30(39(38)45)12-13-34-43(31,7)18-15-33-42(5,6)35(16-19-44(33,34)8)54-37(51)26-41(3,4)40(52)53/h9-11,17,21,24,27,30-31,33-35H,12-16,18-20,22-23,25-26H2,1-8H3,(H,48,50)(H,52,53)/b21-17+. The number of rotatable bonds is 9. The lowest BCUT2D eigenvalue weighted by Crippen LogP contribution is -2.63. The van der Waals surface area contributed by atoms with E-state index < -0.39 is 22.8 Å². The van der Waals surface area contributed by atoms with Gasteiger partial charge in [-0.05, 0) is 153 Å². The van der Waals surface area contributed by atoms with E-state index >= 15 is 0 Å². The third-order valence-corrected chi connectivity index (χ3v) is 16.3. The molecule has 0 spiro atoms. The Morgan fingerprint density at radius 1 is 0.963 bits per heavy atom. The average molecular weight is 760 g/mol. The minimum absolute atomic E-state index is 0.0831. The first kappa shape index (κ1) is 39.3. The van der Waals surface area contributed by atoms with Crippen LogP contribution in [0.5, 0.6) is 0 Å². The van der Waals surface area contributed by atoms with Gasteiger partial charge in [0.1, 0.15) is 6.10 Å². The number of carbonyl (C=O) groups excluding carboxylic acids is 3. The van der Waals surface area contributed by atoms with Crippen molar-refractivity contribution in [3.8, 4) is 0 Å². The molecule has 0 aliphatic heterocycles. The van der Waals surface area contributed by atoms with Crippen molar-refractivity contribution in [1.82, 2.24) is 5.32 Å². The van der Waals surface area contributed by atoms with Gasteiger partial charge in [0.2, 0.25) is 5.91 Å². The predicted molar refractivity (Wildman–Crippen MR) is 210 cm³/mol. The SMILES string of the molecule is CC(C)C1=C2C3CCC4C(C)(CCC5C(C)(C)C(OC(=O)CC(C)(C)C(=O)O)CCC54C)C3CCC2(/C=C/C(=O)NC2(c3cccc(Cl)c3)CC2)CC1=O. The summed E-state index contributed by atoms with van der Waals surface area (Å²) in [5.41, 5.74) is 1.41. The molecule has 6 aliphatic rings. The maximum absolute atomic E-state index is 14.0. The summed E-state index contributed by atoms with van der Waals surface area (Å²) in [5, 5.41) is 13.6. The smallest absolute Gasteiger partial charge is 0.309 e. The number of nitrogens with one attached hydrogen (secondary N) is 1. The quantitative estimate of drug-likeness (QED) is 0.192. The Labute approximate surface area is 327 Å². The molecule has 1 aromatic carbocycles. The summed E-state index contributed by atoms with van der Waals surface area (Å²) < 4.78 is 6.15. The highest BCUT2D eigenvalue weighted by Crippen LogP contribution is 2.73. The number of ketones is 1. The van der Waals surface area contributed by atoms with E-state index in [1.807, 2.05) is 24.3 Å². The van der Waals surface area contributed by atoms with Gasteiger partial charge in [-0.1, -0.05) is 71.4 Å². The van der Waals surface area contributed by atoms with E-state index in [1.54, 1.807) is 19.9 Å². The molecule has 5 saturated carbocycles. The third-order valence-electron chi connectivity index (χ3n) is 16.1. The molecule has 0 heterocycles. The van der Waals surface area contributed by atoms with Crippen LogP contribution in [-0.2, 0) is 29.5 Å². The Morgan fingerprint density at radius 2 is 1.67 bits per heavy atom. The number of allylic oxidation sites excluding steroid dienone is 3. The zero-order valence-corrected chi connectivity index (χ0v) is 34.5. The van der Waals surface area contributed by atoms with Crippen LogP contribution in [0.1, 0.15) is 138 Å². The van der Waals surface area contributed by atoms with E-state index in [0.29, 0.717) is 35.1 Å². The van der Waals surface area contributed by atoms with Crippen LogP contribution in [-0.4, -0.2) is 34.8 Å². The van der Waals surface area contributed by atoms with Crippen LogP contribution < -0.4 is 5.32 Å². The minimum Gasteiger partial charge on any atom is -0.481 e. The average Bonchev–Trinajstić information content (AvgIpc) is 3.78. The molecule has 0 radical (unpaired) electrons. The fraction of sp³-hybridized carbons (Fsp3) is 0.696. The molecule has 8 heteroatoms. The van der Waals surface area contributed by atoms with E-state index in [9.17, 15) is 24.3 Å². The van der Waals surface area contributed by atoms with Crippen LogP contribution in [0.2, 0.25) is 5.02 Å². The number of carbonyl (C=O) groups is 4. The summed E-state index contributed by atoms with van der Waals surface area (Å²) >= 11 is 6.31. The highest BCUT2D eigenvalue weighted by Gasteiger charge is 2.66. The second-order valence-corrected chi connectivity index (χ2v) is 20.8. The van der Waals surface area contributed by atoms with Crippen LogP contribution in [0.25, 0.3) is 0 Å². The molecule has 294 valence electrons. The van der Waals surface area contributed by atoms with Gasteiger partial charge in [-0.25, -0.2) is 0 Å². The zero-order valence-electron chi connectivity index (χ0n) is 33.8. The summed E-state index contributed by atoms with van der Waals surface area (Å²) in [6.07, 6.45) is 13.7. The fourth-order valence-electron chi connectivity index (χ4n) is 13.3. The van der Waals surface area contributed by atoms with E-state index in [1.165, 1.54) is 5.57 Å². The number of fused-ring (bicyclic) bond motifs is 7. The maximum Gasteiger partial charge on any atom is 0.309 e. The molecular weight excluding hydrogens is 698 g/mol. The molecular formula is C46H62ClNO6. The van der Waals surface area contributed by atoms with Crippen LogP contribution in [0.4, 0.5) is 0 Å². The number of amides is 1. The largest absolute Gasteiger partial charge is 0.481 e. The van der Waals surface area contributed by atoms with E-state index in [4.69, 9.17) is 16.3 Å². The van der Waals surface area contributed by atoms with Crippen molar-refractivity contribution >= 4 is 35.2 Å². The molecule has 8 unspecified atom stereocenters. The van der Waals surface area contributed by atoms with Gasteiger partial charge in [0, 0.05) is 22.3 Å². The topological polar surface area (TPSA) is 110 Å². The lowest BCUT2D eigenvalue weighted by molar-refractivity contribution is -0.213. The highest BCUT2D eigenvalue weighted by atomic mass is 35.5. The number of carboxylic acid groups (broad SMARTS) is 1. The Balaban J connectivity index is 1.12. The normalized spacial score (nSPS) is 36.6. The van der Waals surface area contributed by atoms with Gasteiger partial charge >= 0.3 is 11.9 Å². The van der Waals surface area contributed by atoms with Gasteiger partial charge in [-0.15, -0.1) is 0 Å². The summed E-state index contributed by atoms with van der Waals surface area (Å²) in [5.74, 6) is 0.549. The van der Waals surface area contributed by atoms with Gasteiger partial charge in [-0.2, -0.15) is 0 Å². The van der Waals surface area contributed by atoms with Crippen LogP contribution in [0, 0.1) is 56.7 Å². The van der Waals surface area contributed by atoms with Crippen molar-refractivity contribution in [2.75, 3.05) is 0 Å². The number of aliphatic carboxylic acids is 1. The second kappa shape index (κ2) is 13.3. The minimum atomic E-state index is -1.17. The summed E-state index contributed by atoms with van der Waals surface area (Å²) in [7, 11) is 0. The molecule has 54 heavy (non-hydrogen) atoms. The molecule has 7 nitrogen and oxygen atoms in total. The molecule has 2 N–H and O–H groups in total. The zero-order chi connectivity index (χ0) is 39.2.